The SMILES string of the molecule is CN1C=CN(c2[c-]cccc2)[CH-]1.[CH3-].[CH3-].[Ir]. The van der Waals surface area contributed by atoms with Gasteiger partial charge in [-0.3, -0.25) is 0 Å². The number of hydrogen-bond donors (Lipinski definition) is 0. The molecule has 0 saturated heterocycles. The molecule has 1 radical (unpaired) electrons. The molecule has 0 bridgehead atoms. The van der Waals surface area contributed by atoms with Crippen LogP contribution in [0.5, 0.6) is 0 Å². The molecule has 0 saturated carbocycles. The Kier molecular flexibility index (Phi) is 8.31. The van der Waals surface area contributed by atoms with Crippen molar-refractivity contribution in [2.75, 3.05) is 11.9 Å². The first-order valence-corrected chi connectivity index (χ1v) is 3.86. The smallest absolute Gasteiger partial charge is 0 e. The summed E-state index contributed by atoms with van der Waals surface area (Å²) in [6.07, 6.45) is 4.01. The summed E-state index contributed by atoms with van der Waals surface area (Å²) in [4.78, 5) is 4.03. The molecular weight excluding hydrogens is 364 g/mol. The van der Waals surface area contributed by atoms with Gasteiger partial charge in [-0.2, -0.15) is 37.0 Å². The molecule has 0 spiro atoms. The number of hydrogen-bond acceptors (Lipinski definition) is 2. The quantitative estimate of drug-likeness (QED) is 0.692. The minimum absolute atomic E-state index is 0. The summed E-state index contributed by atoms with van der Waals surface area (Å²) in [6, 6.07) is 11.1. The average Bonchev–Trinajstić information content (AvgIpc) is 2.54. The minimum atomic E-state index is 0. The Balaban J connectivity index is 0. The molecular formula is C12H16IrN2-4. The molecule has 1 heterocycles. The van der Waals surface area contributed by atoms with Crippen LogP contribution >= 0.6 is 0 Å². The van der Waals surface area contributed by atoms with Crippen molar-refractivity contribution in [3.05, 3.63) is 64.3 Å². The molecule has 0 N–H and O–H groups in total. The zero-order valence-corrected chi connectivity index (χ0v) is 11.7. The Bertz CT molecular complexity index is 285. The molecule has 0 atom stereocenters. The van der Waals surface area contributed by atoms with E-state index in [0.717, 1.165) is 5.69 Å². The molecule has 1 aliphatic heterocycles. The van der Waals surface area contributed by atoms with Crippen molar-refractivity contribution in [1.29, 1.82) is 0 Å². The van der Waals surface area contributed by atoms with Crippen LogP contribution in [0.25, 0.3) is 0 Å². The van der Waals surface area contributed by atoms with Crippen molar-refractivity contribution < 1.29 is 20.1 Å². The van der Waals surface area contributed by atoms with Gasteiger partial charge in [-0.1, -0.05) is 0 Å². The van der Waals surface area contributed by atoms with Gasteiger partial charge in [0, 0.05) is 20.1 Å². The van der Waals surface area contributed by atoms with Crippen LogP contribution in [0.15, 0.2) is 36.7 Å². The van der Waals surface area contributed by atoms with E-state index in [1.54, 1.807) is 0 Å². The van der Waals surface area contributed by atoms with Gasteiger partial charge in [0.15, 0.2) is 0 Å². The summed E-state index contributed by atoms with van der Waals surface area (Å²) >= 11 is 0. The first kappa shape index (κ1) is 16.6. The predicted molar refractivity (Wildman–Crippen MR) is 61.8 cm³/mol. The molecule has 0 aromatic heterocycles. The van der Waals surface area contributed by atoms with E-state index in [1.165, 1.54) is 0 Å². The zero-order valence-electron chi connectivity index (χ0n) is 9.27. The van der Waals surface area contributed by atoms with Crippen molar-refractivity contribution in [2.45, 2.75) is 0 Å². The second-order valence-electron chi connectivity index (χ2n) is 2.73. The second-order valence-corrected chi connectivity index (χ2v) is 2.73. The maximum Gasteiger partial charge on any atom is 0 e. The summed E-state index contributed by atoms with van der Waals surface area (Å²) in [5.41, 5.74) is 1.07. The number of rotatable bonds is 1. The van der Waals surface area contributed by atoms with Crippen LogP contribution < -0.4 is 4.90 Å². The van der Waals surface area contributed by atoms with E-state index in [9.17, 15) is 0 Å². The molecule has 1 aromatic rings. The van der Waals surface area contributed by atoms with Gasteiger partial charge in [-0.05, 0) is 19.4 Å². The normalized spacial score (nSPS) is 12.6. The van der Waals surface area contributed by atoms with Gasteiger partial charge in [0.2, 0.25) is 0 Å². The van der Waals surface area contributed by atoms with Gasteiger partial charge in [0.1, 0.15) is 0 Å². The minimum Gasteiger partial charge on any atom is -0.510 e. The van der Waals surface area contributed by atoms with Gasteiger partial charge < -0.3 is 24.7 Å². The van der Waals surface area contributed by atoms with E-state index in [-0.39, 0.29) is 35.0 Å². The summed E-state index contributed by atoms with van der Waals surface area (Å²) < 4.78 is 0. The second kappa shape index (κ2) is 7.49. The summed E-state index contributed by atoms with van der Waals surface area (Å²) in [5, 5.41) is 0. The third-order valence-electron chi connectivity index (χ3n) is 1.74. The van der Waals surface area contributed by atoms with Crippen LogP contribution in [-0.4, -0.2) is 11.9 Å². The molecule has 2 rings (SSSR count). The van der Waals surface area contributed by atoms with E-state index in [2.05, 4.69) is 6.07 Å². The molecule has 3 heteroatoms. The Morgan fingerprint density at radius 2 is 1.93 bits per heavy atom. The van der Waals surface area contributed by atoms with Crippen LogP contribution in [0, 0.1) is 27.6 Å². The fourth-order valence-electron chi connectivity index (χ4n) is 1.14. The summed E-state index contributed by atoms with van der Waals surface area (Å²) in [6.45, 7) is 2.01. The van der Waals surface area contributed by atoms with Crippen molar-refractivity contribution in [3.63, 3.8) is 0 Å². The fourth-order valence-corrected chi connectivity index (χ4v) is 1.14. The van der Waals surface area contributed by atoms with Crippen molar-refractivity contribution >= 4 is 5.69 Å². The average molecular weight is 380 g/mol. The van der Waals surface area contributed by atoms with E-state index >= 15 is 0 Å². The molecule has 0 unspecified atom stereocenters. The van der Waals surface area contributed by atoms with Gasteiger partial charge in [0.25, 0.3) is 0 Å². The molecule has 0 aliphatic carbocycles. The number of nitrogens with zero attached hydrogens (tertiary/aromatic N) is 2. The van der Waals surface area contributed by atoms with Gasteiger partial charge in [0.05, 0.1) is 0 Å². The van der Waals surface area contributed by atoms with Crippen LogP contribution in [0.2, 0.25) is 0 Å². The van der Waals surface area contributed by atoms with E-state index in [0.29, 0.717) is 0 Å². The van der Waals surface area contributed by atoms with Crippen LogP contribution in [0.1, 0.15) is 0 Å². The van der Waals surface area contributed by atoms with E-state index in [1.807, 2.05) is 60.2 Å². The van der Waals surface area contributed by atoms with Crippen molar-refractivity contribution in [2.24, 2.45) is 0 Å². The third kappa shape index (κ3) is 4.06. The first-order valence-electron chi connectivity index (χ1n) is 3.86. The van der Waals surface area contributed by atoms with Crippen LogP contribution in [-0.2, 0) is 20.1 Å². The Morgan fingerprint density at radius 3 is 2.40 bits per heavy atom. The maximum absolute atomic E-state index is 3.15. The molecule has 0 amide bonds. The Morgan fingerprint density at radius 1 is 1.20 bits per heavy atom. The standard InChI is InChI=1S/C10H10N2.2CH3.Ir/c1-11-7-8-12(9-11)10-5-3-2-4-6-10;;;/h2-5,7-9H,1H3;2*1H3;/q-2;2*-1;. The molecule has 0 fully saturated rings. The van der Waals surface area contributed by atoms with Gasteiger partial charge in [-0.15, -0.1) is 5.69 Å². The van der Waals surface area contributed by atoms with E-state index in [4.69, 9.17) is 0 Å². The van der Waals surface area contributed by atoms with Gasteiger partial charge >= 0.3 is 0 Å². The van der Waals surface area contributed by atoms with Crippen molar-refractivity contribution in [3.8, 4) is 0 Å². The van der Waals surface area contributed by atoms with Gasteiger partial charge in [-0.25, -0.2) is 0 Å². The fraction of sp³-hybridized carbons (Fsp3) is 0.0833. The monoisotopic (exact) mass is 381 g/mol. The number of anilines is 1. The Labute approximate surface area is 107 Å². The third-order valence-corrected chi connectivity index (χ3v) is 1.74. The zero-order chi connectivity index (χ0) is 8.39. The van der Waals surface area contributed by atoms with Crippen LogP contribution in [0.4, 0.5) is 5.69 Å². The molecule has 87 valence electrons. The molecule has 1 aromatic carbocycles. The predicted octanol–water partition coefficient (Wildman–Crippen LogP) is 2.73. The molecule has 1 aliphatic rings. The molecule has 2 nitrogen and oxygen atoms in total. The largest absolute Gasteiger partial charge is 0.510 e. The number of benzene rings is 1. The molecule has 15 heavy (non-hydrogen) atoms. The van der Waals surface area contributed by atoms with E-state index < -0.39 is 0 Å². The maximum atomic E-state index is 3.15. The Hall–Kier alpha value is -0.791. The summed E-state index contributed by atoms with van der Waals surface area (Å²) in [7, 11) is 2.00. The summed E-state index contributed by atoms with van der Waals surface area (Å²) in [5.74, 6) is 0. The number of para-hydroxylation sites is 1. The first-order chi connectivity index (χ1) is 5.86. The topological polar surface area (TPSA) is 6.48 Å². The van der Waals surface area contributed by atoms with Crippen molar-refractivity contribution in [1.82, 2.24) is 4.90 Å². The van der Waals surface area contributed by atoms with Crippen LogP contribution in [0.3, 0.4) is 0 Å².